The van der Waals surface area contributed by atoms with Gasteiger partial charge in [0.15, 0.2) is 5.96 Å². The Bertz CT molecular complexity index is 609. The van der Waals surface area contributed by atoms with Gasteiger partial charge in [0, 0.05) is 51.0 Å². The van der Waals surface area contributed by atoms with Crippen LogP contribution in [0.4, 0.5) is 5.69 Å². The summed E-state index contributed by atoms with van der Waals surface area (Å²) in [5, 5.41) is 7.56. The van der Waals surface area contributed by atoms with Crippen molar-refractivity contribution in [1.82, 2.24) is 10.6 Å². The quantitative estimate of drug-likeness (QED) is 0.360. The molecule has 1 heterocycles. The smallest absolute Gasteiger partial charge is 0.191 e. The highest BCUT2D eigenvalue weighted by Crippen LogP contribution is 2.29. The topological polar surface area (TPSA) is 48.9 Å². The molecule has 0 saturated carbocycles. The van der Waals surface area contributed by atoms with Crippen molar-refractivity contribution in [2.24, 2.45) is 10.9 Å². The van der Waals surface area contributed by atoms with Crippen LogP contribution in [0, 0.1) is 12.8 Å². The van der Waals surface area contributed by atoms with Crippen LogP contribution in [0.2, 0.25) is 5.02 Å². The summed E-state index contributed by atoms with van der Waals surface area (Å²) in [6, 6.07) is 6.11. The van der Waals surface area contributed by atoms with Gasteiger partial charge in [0.1, 0.15) is 0 Å². The number of hydrogen-bond donors (Lipinski definition) is 2. The van der Waals surface area contributed by atoms with Crippen molar-refractivity contribution in [1.29, 1.82) is 0 Å². The van der Waals surface area contributed by atoms with Crippen molar-refractivity contribution in [2.45, 2.75) is 32.8 Å². The van der Waals surface area contributed by atoms with Crippen molar-refractivity contribution < 1.29 is 4.74 Å². The second kappa shape index (κ2) is 10.6. The van der Waals surface area contributed by atoms with Gasteiger partial charge in [-0.05, 0) is 50.8 Å². The van der Waals surface area contributed by atoms with E-state index in [0.717, 1.165) is 30.6 Å². The summed E-state index contributed by atoms with van der Waals surface area (Å²) >= 11 is 6.16. The van der Waals surface area contributed by atoms with Gasteiger partial charge in [0.25, 0.3) is 0 Å². The second-order valence-corrected chi connectivity index (χ2v) is 7.74. The zero-order valence-electron chi connectivity index (χ0n) is 16.4. The Hall–Kier alpha value is -0.730. The number of methoxy groups -OCH3 is 1. The Labute approximate surface area is 179 Å². The zero-order valence-corrected chi connectivity index (χ0v) is 19.5. The van der Waals surface area contributed by atoms with Crippen LogP contribution in [-0.4, -0.2) is 51.9 Å². The summed E-state index contributed by atoms with van der Waals surface area (Å²) in [5.41, 5.74) is 2.31. The van der Waals surface area contributed by atoms with Gasteiger partial charge in [-0.2, -0.15) is 0 Å². The number of nitrogens with zero attached hydrogens (tertiary/aromatic N) is 2. The normalized spacial score (nSPS) is 17.8. The summed E-state index contributed by atoms with van der Waals surface area (Å²) in [5.74, 6) is 1.41. The minimum atomic E-state index is -0.216. The molecule has 26 heavy (non-hydrogen) atoms. The first-order valence-electron chi connectivity index (χ1n) is 8.85. The second-order valence-electron chi connectivity index (χ2n) is 7.30. The summed E-state index contributed by atoms with van der Waals surface area (Å²) in [7, 11) is 3.52. The Balaban J connectivity index is 0.00000338. The molecule has 1 saturated heterocycles. The van der Waals surface area contributed by atoms with Gasteiger partial charge in [0.2, 0.25) is 0 Å². The number of aryl methyl sites for hydroxylation is 1. The molecule has 0 radical (unpaired) electrons. The molecule has 1 fully saturated rings. The van der Waals surface area contributed by atoms with E-state index in [0.29, 0.717) is 12.5 Å². The fourth-order valence-corrected chi connectivity index (χ4v) is 3.14. The van der Waals surface area contributed by atoms with Gasteiger partial charge < -0.3 is 20.3 Å². The van der Waals surface area contributed by atoms with Crippen LogP contribution in [0.3, 0.4) is 0 Å². The van der Waals surface area contributed by atoms with Crippen LogP contribution in [-0.2, 0) is 4.74 Å². The maximum Gasteiger partial charge on any atom is 0.191 e. The Morgan fingerprint density at radius 3 is 2.77 bits per heavy atom. The van der Waals surface area contributed by atoms with Gasteiger partial charge in [-0.15, -0.1) is 24.0 Å². The number of halogens is 2. The number of guanidine groups is 1. The van der Waals surface area contributed by atoms with E-state index in [1.54, 1.807) is 14.2 Å². The highest BCUT2D eigenvalue weighted by molar-refractivity contribution is 14.0. The molecule has 7 heteroatoms. The van der Waals surface area contributed by atoms with Crippen molar-refractivity contribution in [2.75, 3.05) is 45.2 Å². The van der Waals surface area contributed by atoms with Crippen LogP contribution in [0.25, 0.3) is 0 Å². The lowest BCUT2D eigenvalue weighted by Crippen LogP contribution is -2.46. The molecule has 0 amide bonds. The lowest BCUT2D eigenvalue weighted by molar-refractivity contribution is 0.0268. The number of rotatable bonds is 6. The molecule has 0 aliphatic carbocycles. The average molecular weight is 495 g/mol. The first-order chi connectivity index (χ1) is 11.8. The van der Waals surface area contributed by atoms with E-state index in [1.165, 1.54) is 17.7 Å². The Kier molecular flexibility index (Phi) is 9.47. The van der Waals surface area contributed by atoms with Crippen molar-refractivity contribution in [3.05, 3.63) is 28.8 Å². The summed E-state index contributed by atoms with van der Waals surface area (Å²) in [6.07, 6.45) is 1.17. The number of benzene rings is 1. The molecule has 148 valence electrons. The highest BCUT2D eigenvalue weighted by Gasteiger charge is 2.24. The van der Waals surface area contributed by atoms with Crippen molar-refractivity contribution in [3.8, 4) is 0 Å². The van der Waals surface area contributed by atoms with E-state index in [2.05, 4.69) is 53.4 Å². The van der Waals surface area contributed by atoms with Crippen LogP contribution in [0.5, 0.6) is 0 Å². The fourth-order valence-electron chi connectivity index (χ4n) is 2.97. The van der Waals surface area contributed by atoms with Crippen molar-refractivity contribution >= 4 is 47.2 Å². The third-order valence-electron chi connectivity index (χ3n) is 4.81. The first kappa shape index (κ1) is 23.3. The number of hydrogen-bond acceptors (Lipinski definition) is 3. The van der Waals surface area contributed by atoms with E-state index in [4.69, 9.17) is 16.3 Å². The van der Waals surface area contributed by atoms with E-state index in [9.17, 15) is 0 Å². The van der Waals surface area contributed by atoms with Gasteiger partial charge in [-0.25, -0.2) is 0 Å². The van der Waals surface area contributed by atoms with Gasteiger partial charge in [0.05, 0.1) is 5.60 Å². The Morgan fingerprint density at radius 2 is 2.12 bits per heavy atom. The number of aliphatic imine (C=N–C) groups is 1. The molecule has 1 atom stereocenters. The van der Waals surface area contributed by atoms with Crippen LogP contribution in [0.15, 0.2) is 23.2 Å². The number of nitrogens with one attached hydrogen (secondary N) is 2. The van der Waals surface area contributed by atoms with E-state index in [-0.39, 0.29) is 29.6 Å². The summed E-state index contributed by atoms with van der Waals surface area (Å²) in [4.78, 5) is 6.73. The number of anilines is 1. The molecule has 0 aromatic heterocycles. The monoisotopic (exact) mass is 494 g/mol. The minimum Gasteiger partial charge on any atom is -0.377 e. The lowest BCUT2D eigenvalue weighted by Gasteiger charge is -2.25. The van der Waals surface area contributed by atoms with Gasteiger partial charge in [-0.3, -0.25) is 4.99 Å². The van der Waals surface area contributed by atoms with Crippen molar-refractivity contribution in [3.63, 3.8) is 0 Å². The minimum absolute atomic E-state index is 0. The predicted molar refractivity (Wildman–Crippen MR) is 122 cm³/mol. The standard InChI is InChI=1S/C19H31ClN4O.HI/c1-14-6-7-16(20)10-17(14)24-9-8-15(12-24)11-22-18(21-4)23-13-19(2,3)25-5;/h6-7,10,15H,8-9,11-13H2,1-5H3,(H2,21,22,23);1H. The molecule has 1 aliphatic heterocycles. The largest absolute Gasteiger partial charge is 0.377 e. The molecular weight excluding hydrogens is 463 g/mol. The fraction of sp³-hybridized carbons (Fsp3) is 0.632. The van der Waals surface area contributed by atoms with E-state index < -0.39 is 0 Å². The van der Waals surface area contributed by atoms with Crippen LogP contribution in [0.1, 0.15) is 25.8 Å². The summed E-state index contributed by atoms with van der Waals surface area (Å²) in [6.45, 7) is 9.96. The van der Waals surface area contributed by atoms with E-state index in [1.807, 2.05) is 6.07 Å². The first-order valence-corrected chi connectivity index (χ1v) is 9.23. The van der Waals surface area contributed by atoms with Crippen LogP contribution < -0.4 is 15.5 Å². The molecule has 1 aliphatic rings. The molecule has 0 bridgehead atoms. The average Bonchev–Trinajstić information content (AvgIpc) is 3.06. The maximum absolute atomic E-state index is 6.16. The number of ether oxygens (including phenoxy) is 1. The molecular formula is C19H32ClIN4O. The maximum atomic E-state index is 6.16. The molecule has 5 nitrogen and oxygen atoms in total. The van der Waals surface area contributed by atoms with Crippen LogP contribution >= 0.6 is 35.6 Å². The summed E-state index contributed by atoms with van der Waals surface area (Å²) < 4.78 is 5.43. The zero-order chi connectivity index (χ0) is 18.4. The van der Waals surface area contributed by atoms with Gasteiger partial charge >= 0.3 is 0 Å². The van der Waals surface area contributed by atoms with Gasteiger partial charge in [-0.1, -0.05) is 17.7 Å². The third-order valence-corrected chi connectivity index (χ3v) is 5.05. The molecule has 1 aromatic rings. The SMILES string of the molecule is CN=C(NCC1CCN(c2cc(Cl)ccc2C)C1)NCC(C)(C)OC.I. The highest BCUT2D eigenvalue weighted by atomic mass is 127. The molecule has 2 rings (SSSR count). The molecule has 1 unspecified atom stereocenters. The molecule has 2 N–H and O–H groups in total. The van der Waals surface area contributed by atoms with E-state index >= 15 is 0 Å². The lowest BCUT2D eigenvalue weighted by atomic mass is 10.1. The Morgan fingerprint density at radius 1 is 1.38 bits per heavy atom. The third kappa shape index (κ3) is 6.78. The molecule has 0 spiro atoms. The predicted octanol–water partition coefficient (Wildman–Crippen LogP) is 3.68. The molecule has 1 aromatic carbocycles.